The molecule has 64 heavy (non-hydrogen) atoms. The van der Waals surface area contributed by atoms with E-state index in [0.717, 1.165) is 32.5 Å². The number of hydrogen-bond donors (Lipinski definition) is 0. The molecule has 0 amide bonds. The van der Waals surface area contributed by atoms with Gasteiger partial charge in [-0.05, 0) is 92.1 Å². The van der Waals surface area contributed by atoms with Crippen molar-refractivity contribution >= 4 is 18.7 Å². The highest BCUT2D eigenvalue weighted by Crippen LogP contribution is 2.36. The maximum absolute atomic E-state index is 7.06. The summed E-state index contributed by atoms with van der Waals surface area (Å²) in [6.07, 6.45) is 51.2. The Kier molecular flexibility index (Phi) is 36.8. The van der Waals surface area contributed by atoms with Crippen LogP contribution in [0.1, 0.15) is 221 Å². The number of benzene rings is 2. The molecular weight excluding hydrogens is 801 g/mol. The molecule has 0 saturated carbocycles. The van der Waals surface area contributed by atoms with Gasteiger partial charge in [-0.3, -0.25) is 0 Å². The van der Waals surface area contributed by atoms with Crippen LogP contribution in [0, 0.1) is 0 Å². The van der Waals surface area contributed by atoms with E-state index in [0.29, 0.717) is 19.8 Å². The summed E-state index contributed by atoms with van der Waals surface area (Å²) in [4.78, 5) is 0. The monoisotopic (exact) mass is 901 g/mol. The quantitative estimate of drug-likeness (QED) is 0.0287. The van der Waals surface area contributed by atoms with Gasteiger partial charge in [-0.25, -0.2) is 0 Å². The molecule has 2 rings (SSSR count). The molecule has 0 saturated heterocycles. The number of hydrogen-bond acceptors (Lipinski definition) is 4. The number of unbranched alkanes of at least 4 members (excludes halogenated alkanes) is 24. The summed E-state index contributed by atoms with van der Waals surface area (Å²) in [5.41, 5.74) is 0. The Bertz CT molecular complexity index is 1330. The van der Waals surface area contributed by atoms with Gasteiger partial charge in [0.1, 0.15) is 12.7 Å². The molecule has 2 aromatic rings. The highest BCUT2D eigenvalue weighted by molar-refractivity contribution is 6.99. The van der Waals surface area contributed by atoms with Crippen LogP contribution in [0.15, 0.2) is 97.3 Å². The smallest absolute Gasteiger partial charge is 0.261 e. The van der Waals surface area contributed by atoms with Crippen LogP contribution >= 0.6 is 0 Å². The van der Waals surface area contributed by atoms with E-state index in [1.807, 2.05) is 6.26 Å². The van der Waals surface area contributed by atoms with Crippen LogP contribution in [-0.2, 0) is 18.6 Å². The maximum Gasteiger partial charge on any atom is 0.261 e. The first-order valence-corrected chi connectivity index (χ1v) is 28.9. The van der Waals surface area contributed by atoms with Crippen molar-refractivity contribution in [3.05, 3.63) is 97.3 Å². The molecule has 0 aliphatic carbocycles. The summed E-state index contributed by atoms with van der Waals surface area (Å²) in [5.74, 6) is 0. The van der Waals surface area contributed by atoms with E-state index in [-0.39, 0.29) is 11.1 Å². The molecule has 0 aliphatic rings. The van der Waals surface area contributed by atoms with Gasteiger partial charge >= 0.3 is 0 Å². The number of ether oxygens (including phenoxy) is 3. The van der Waals surface area contributed by atoms with E-state index in [1.165, 1.54) is 177 Å². The second kappa shape index (κ2) is 40.8. The second-order valence-corrected chi connectivity index (χ2v) is 23.8. The summed E-state index contributed by atoms with van der Waals surface area (Å²) >= 11 is 0. The Hall–Kier alpha value is -2.44. The van der Waals surface area contributed by atoms with Gasteiger partial charge in [-0.15, -0.1) is 0 Å². The van der Waals surface area contributed by atoms with Crippen molar-refractivity contribution in [2.45, 2.75) is 232 Å². The molecule has 2 aromatic carbocycles. The fourth-order valence-electron chi connectivity index (χ4n) is 8.75. The number of rotatable bonds is 44. The third kappa shape index (κ3) is 28.6. The summed E-state index contributed by atoms with van der Waals surface area (Å²) < 4.78 is 25.7. The minimum Gasteiger partial charge on any atom is -0.499 e. The SMILES string of the molecule is CCCCCCCCC=CCCCCCCCCOCC(COC=CCCO[Si](c1ccccc1)(c1ccccc1)C(C)(C)C)OCCCCCCCCC=CCCCCCCCC. The Morgan fingerprint density at radius 3 is 1.28 bits per heavy atom. The van der Waals surface area contributed by atoms with Crippen LogP contribution in [-0.4, -0.2) is 47.5 Å². The highest BCUT2D eigenvalue weighted by atomic mass is 28.4. The zero-order valence-corrected chi connectivity index (χ0v) is 43.5. The van der Waals surface area contributed by atoms with Crippen LogP contribution in [0.3, 0.4) is 0 Å². The van der Waals surface area contributed by atoms with E-state index in [2.05, 4.69) is 126 Å². The van der Waals surface area contributed by atoms with Gasteiger partial charge < -0.3 is 18.6 Å². The Morgan fingerprint density at radius 2 is 0.844 bits per heavy atom. The first kappa shape index (κ1) is 57.7. The molecule has 4 nitrogen and oxygen atoms in total. The summed E-state index contributed by atoms with van der Waals surface area (Å²) in [7, 11) is -2.54. The normalized spacial score (nSPS) is 13.0. The van der Waals surface area contributed by atoms with Gasteiger partial charge in [0.05, 0.1) is 12.9 Å². The highest BCUT2D eigenvalue weighted by Gasteiger charge is 2.49. The molecule has 5 heteroatoms. The van der Waals surface area contributed by atoms with Crippen LogP contribution < -0.4 is 10.4 Å². The Balaban J connectivity index is 1.71. The minimum absolute atomic E-state index is 0.0332. The van der Waals surface area contributed by atoms with Crippen molar-refractivity contribution in [2.75, 3.05) is 33.0 Å². The van der Waals surface area contributed by atoms with E-state index >= 15 is 0 Å². The largest absolute Gasteiger partial charge is 0.499 e. The average molecular weight is 902 g/mol. The lowest BCUT2D eigenvalue weighted by molar-refractivity contribution is -0.0464. The molecule has 0 N–H and O–H groups in total. The lowest BCUT2D eigenvalue weighted by atomic mass is 10.1. The van der Waals surface area contributed by atoms with E-state index in [9.17, 15) is 0 Å². The van der Waals surface area contributed by atoms with Gasteiger partial charge in [-0.1, -0.05) is 235 Å². The summed E-state index contributed by atoms with van der Waals surface area (Å²) in [6.45, 7) is 14.9. The van der Waals surface area contributed by atoms with Crippen LogP contribution in [0.5, 0.6) is 0 Å². The van der Waals surface area contributed by atoms with Crippen molar-refractivity contribution in [1.82, 2.24) is 0 Å². The predicted molar refractivity (Wildman–Crippen MR) is 283 cm³/mol. The Labute approximate surface area is 398 Å². The lowest BCUT2D eigenvalue weighted by Crippen LogP contribution is -2.66. The average Bonchev–Trinajstić information content (AvgIpc) is 3.30. The minimum atomic E-state index is -2.54. The van der Waals surface area contributed by atoms with E-state index < -0.39 is 8.32 Å². The van der Waals surface area contributed by atoms with Gasteiger partial charge in [0.15, 0.2) is 0 Å². The zero-order chi connectivity index (χ0) is 45.9. The molecule has 0 bridgehead atoms. The van der Waals surface area contributed by atoms with Crippen molar-refractivity contribution < 1.29 is 18.6 Å². The molecule has 0 spiro atoms. The fraction of sp³-hybridized carbons (Fsp3) is 0.695. The molecule has 0 aromatic heterocycles. The van der Waals surface area contributed by atoms with Crippen LogP contribution in [0.4, 0.5) is 0 Å². The Morgan fingerprint density at radius 1 is 0.438 bits per heavy atom. The molecule has 0 heterocycles. The molecule has 0 radical (unpaired) electrons. The number of allylic oxidation sites excluding steroid dienone is 4. The molecule has 0 fully saturated rings. The van der Waals surface area contributed by atoms with Gasteiger partial charge in [-0.2, -0.15) is 0 Å². The third-order valence-corrected chi connectivity index (χ3v) is 17.7. The van der Waals surface area contributed by atoms with Crippen molar-refractivity contribution in [2.24, 2.45) is 0 Å². The molecule has 364 valence electrons. The third-order valence-electron chi connectivity index (χ3n) is 12.6. The zero-order valence-electron chi connectivity index (χ0n) is 42.5. The molecule has 1 unspecified atom stereocenters. The van der Waals surface area contributed by atoms with Crippen LogP contribution in [0.2, 0.25) is 5.04 Å². The molecular formula is C59H100O4Si. The topological polar surface area (TPSA) is 36.9 Å². The van der Waals surface area contributed by atoms with E-state index in [1.54, 1.807) is 0 Å². The van der Waals surface area contributed by atoms with Crippen molar-refractivity contribution in [3.63, 3.8) is 0 Å². The lowest BCUT2D eigenvalue weighted by Gasteiger charge is -2.43. The van der Waals surface area contributed by atoms with Gasteiger partial charge in [0.2, 0.25) is 0 Å². The van der Waals surface area contributed by atoms with Crippen molar-refractivity contribution in [3.8, 4) is 0 Å². The summed E-state index contributed by atoms with van der Waals surface area (Å²) in [5, 5.41) is 2.59. The van der Waals surface area contributed by atoms with E-state index in [4.69, 9.17) is 18.6 Å². The van der Waals surface area contributed by atoms with Crippen molar-refractivity contribution in [1.29, 1.82) is 0 Å². The maximum atomic E-state index is 7.06. The molecule has 0 aliphatic heterocycles. The first-order valence-electron chi connectivity index (χ1n) is 27.0. The fourth-order valence-corrected chi connectivity index (χ4v) is 13.3. The molecule has 1 atom stereocenters. The van der Waals surface area contributed by atoms with Crippen LogP contribution in [0.25, 0.3) is 0 Å². The predicted octanol–water partition coefficient (Wildman–Crippen LogP) is 17.0. The first-order chi connectivity index (χ1) is 31.5. The van der Waals surface area contributed by atoms with Gasteiger partial charge in [0, 0.05) is 19.8 Å². The standard InChI is InChI=1S/C59H100O4Si/c1-6-8-10-12-14-16-18-20-22-24-26-28-30-32-34-42-50-60-54-56(62-52-43-35-33-31-29-27-25-23-21-19-17-15-13-11-9-7-2)55-61-51-44-45-53-63-64(59(3,4)5,57-46-38-36-39-47-57)58-48-40-37-41-49-58/h20-23,36-41,44,46-49,51,56H,6-19,24-35,42-43,45,50,52-55H2,1-5H3. The second-order valence-electron chi connectivity index (χ2n) is 19.4. The van der Waals surface area contributed by atoms with Gasteiger partial charge in [0.25, 0.3) is 8.32 Å². The summed E-state index contributed by atoms with van der Waals surface area (Å²) in [6, 6.07) is 21.8.